The Labute approximate surface area is 117 Å². The molecule has 106 valence electrons. The Hall–Kier alpha value is -2.21. The molecule has 6 heteroatoms. The lowest BCUT2D eigenvalue weighted by molar-refractivity contribution is -0.161. The fraction of sp³-hybridized carbons (Fsp3) is 0.357. The maximum atomic E-state index is 12.0. The van der Waals surface area contributed by atoms with E-state index in [2.05, 4.69) is 9.72 Å². The van der Waals surface area contributed by atoms with E-state index in [1.54, 1.807) is 29.4 Å². The molecule has 2 heterocycles. The van der Waals surface area contributed by atoms with Gasteiger partial charge in [-0.2, -0.15) is 0 Å². The standard InChI is InChI=1S/C14H16N2O4/c1-19-14(18)12-10-16(7-8-20-12)13(17)5-4-11-3-2-6-15-9-11/h2-6,9,12H,7-8,10H2,1H3/b5-4+. The predicted molar refractivity (Wildman–Crippen MR) is 71.6 cm³/mol. The van der Waals surface area contributed by atoms with Gasteiger partial charge in [0.1, 0.15) is 0 Å². The summed E-state index contributed by atoms with van der Waals surface area (Å²) in [6.45, 7) is 0.999. The first-order chi connectivity index (χ1) is 9.70. The summed E-state index contributed by atoms with van der Waals surface area (Å²) < 4.78 is 9.89. The number of hydrogen-bond acceptors (Lipinski definition) is 5. The molecule has 6 nitrogen and oxygen atoms in total. The van der Waals surface area contributed by atoms with Crippen molar-refractivity contribution in [2.24, 2.45) is 0 Å². The number of hydrogen-bond donors (Lipinski definition) is 0. The second kappa shape index (κ2) is 6.81. The maximum absolute atomic E-state index is 12.0. The summed E-state index contributed by atoms with van der Waals surface area (Å²) >= 11 is 0. The van der Waals surface area contributed by atoms with Crippen LogP contribution in [-0.2, 0) is 19.1 Å². The largest absolute Gasteiger partial charge is 0.467 e. The molecule has 1 unspecified atom stereocenters. The summed E-state index contributed by atoms with van der Waals surface area (Å²) in [5, 5.41) is 0. The average molecular weight is 276 g/mol. The summed E-state index contributed by atoms with van der Waals surface area (Å²) in [7, 11) is 1.30. The second-order valence-electron chi connectivity index (χ2n) is 4.29. The average Bonchev–Trinajstić information content (AvgIpc) is 2.53. The van der Waals surface area contributed by atoms with E-state index in [1.807, 2.05) is 6.07 Å². The molecule has 1 aromatic heterocycles. The zero-order chi connectivity index (χ0) is 14.4. The molecule has 0 aromatic carbocycles. The predicted octanol–water partition coefficient (Wildman–Crippen LogP) is 0.495. The van der Waals surface area contributed by atoms with Crippen molar-refractivity contribution in [2.75, 3.05) is 26.8 Å². The maximum Gasteiger partial charge on any atom is 0.336 e. The molecular weight excluding hydrogens is 260 g/mol. The molecule has 1 saturated heterocycles. The van der Waals surface area contributed by atoms with E-state index in [-0.39, 0.29) is 12.5 Å². The first kappa shape index (κ1) is 14.2. The van der Waals surface area contributed by atoms with E-state index in [1.165, 1.54) is 13.2 Å². The third-order valence-corrected chi connectivity index (χ3v) is 2.94. The Morgan fingerprint density at radius 1 is 1.55 bits per heavy atom. The van der Waals surface area contributed by atoms with Crippen molar-refractivity contribution >= 4 is 18.0 Å². The quantitative estimate of drug-likeness (QED) is 0.594. The number of amides is 1. The molecule has 0 spiro atoms. The van der Waals surface area contributed by atoms with Crippen LogP contribution in [0.1, 0.15) is 5.56 Å². The van der Waals surface area contributed by atoms with Crippen molar-refractivity contribution in [3.8, 4) is 0 Å². The van der Waals surface area contributed by atoms with Crippen molar-refractivity contribution in [3.05, 3.63) is 36.2 Å². The van der Waals surface area contributed by atoms with Gasteiger partial charge in [-0.25, -0.2) is 4.79 Å². The normalized spacial score (nSPS) is 19.1. The molecular formula is C14H16N2O4. The number of ether oxygens (including phenoxy) is 2. The van der Waals surface area contributed by atoms with E-state index >= 15 is 0 Å². The highest BCUT2D eigenvalue weighted by atomic mass is 16.6. The van der Waals surface area contributed by atoms with Crippen LogP contribution in [0.3, 0.4) is 0 Å². The lowest BCUT2D eigenvalue weighted by atomic mass is 10.2. The summed E-state index contributed by atoms with van der Waals surface area (Å²) in [6, 6.07) is 3.65. The van der Waals surface area contributed by atoms with Gasteiger partial charge in [-0.05, 0) is 17.7 Å². The lowest BCUT2D eigenvalue weighted by Crippen LogP contribution is -2.48. The zero-order valence-electron chi connectivity index (χ0n) is 11.2. The number of morpholine rings is 1. The summed E-state index contributed by atoms with van der Waals surface area (Å²) in [6.07, 6.45) is 5.79. The van der Waals surface area contributed by atoms with Crippen LogP contribution in [0.5, 0.6) is 0 Å². The Kier molecular flexibility index (Phi) is 4.84. The van der Waals surface area contributed by atoms with E-state index in [0.717, 1.165) is 5.56 Å². The minimum Gasteiger partial charge on any atom is -0.467 e. The molecule has 1 aliphatic rings. The van der Waals surface area contributed by atoms with Gasteiger partial charge in [-0.15, -0.1) is 0 Å². The van der Waals surface area contributed by atoms with Gasteiger partial charge in [0.15, 0.2) is 6.10 Å². The van der Waals surface area contributed by atoms with Crippen LogP contribution in [0.4, 0.5) is 0 Å². The van der Waals surface area contributed by atoms with Crippen molar-refractivity contribution in [1.29, 1.82) is 0 Å². The highest BCUT2D eigenvalue weighted by Gasteiger charge is 2.28. The summed E-state index contributed by atoms with van der Waals surface area (Å²) in [4.78, 5) is 29.0. The van der Waals surface area contributed by atoms with Crippen LogP contribution in [0.15, 0.2) is 30.6 Å². The number of carbonyl (C=O) groups excluding carboxylic acids is 2. The fourth-order valence-corrected chi connectivity index (χ4v) is 1.87. The fourth-order valence-electron chi connectivity index (χ4n) is 1.87. The minimum atomic E-state index is -0.704. The van der Waals surface area contributed by atoms with Crippen molar-refractivity contribution in [2.45, 2.75) is 6.10 Å². The van der Waals surface area contributed by atoms with Crippen LogP contribution < -0.4 is 0 Å². The Morgan fingerprint density at radius 2 is 2.40 bits per heavy atom. The van der Waals surface area contributed by atoms with Gasteiger partial charge in [-0.3, -0.25) is 9.78 Å². The molecule has 0 aliphatic carbocycles. The molecule has 2 rings (SSSR count). The smallest absolute Gasteiger partial charge is 0.336 e. The number of rotatable bonds is 3. The van der Waals surface area contributed by atoms with Gasteiger partial charge in [0, 0.05) is 25.0 Å². The zero-order valence-corrected chi connectivity index (χ0v) is 11.2. The SMILES string of the molecule is COC(=O)C1CN(C(=O)/C=C/c2cccnc2)CCO1. The van der Waals surface area contributed by atoms with Gasteiger partial charge in [-0.1, -0.05) is 6.07 Å². The monoisotopic (exact) mass is 276 g/mol. The molecule has 0 N–H and O–H groups in total. The molecule has 20 heavy (non-hydrogen) atoms. The van der Waals surface area contributed by atoms with Crippen LogP contribution in [0.2, 0.25) is 0 Å². The van der Waals surface area contributed by atoms with Crippen molar-refractivity contribution in [1.82, 2.24) is 9.88 Å². The second-order valence-corrected chi connectivity index (χ2v) is 4.29. The molecule has 1 aromatic rings. The molecule has 1 atom stereocenters. The molecule has 1 fully saturated rings. The molecule has 0 radical (unpaired) electrons. The van der Waals surface area contributed by atoms with Crippen molar-refractivity contribution in [3.63, 3.8) is 0 Å². The van der Waals surface area contributed by atoms with Gasteiger partial charge >= 0.3 is 5.97 Å². The van der Waals surface area contributed by atoms with E-state index in [4.69, 9.17) is 4.74 Å². The van der Waals surface area contributed by atoms with Gasteiger partial charge in [0.25, 0.3) is 0 Å². The van der Waals surface area contributed by atoms with Crippen LogP contribution in [0, 0.1) is 0 Å². The van der Waals surface area contributed by atoms with Crippen LogP contribution >= 0.6 is 0 Å². The highest BCUT2D eigenvalue weighted by Crippen LogP contribution is 2.08. The highest BCUT2D eigenvalue weighted by molar-refractivity contribution is 5.92. The van der Waals surface area contributed by atoms with E-state index < -0.39 is 12.1 Å². The van der Waals surface area contributed by atoms with E-state index in [9.17, 15) is 9.59 Å². The van der Waals surface area contributed by atoms with Crippen LogP contribution in [-0.4, -0.2) is 54.7 Å². The number of pyridine rings is 1. The molecule has 1 aliphatic heterocycles. The third kappa shape index (κ3) is 3.64. The summed E-state index contributed by atoms with van der Waals surface area (Å²) in [5.41, 5.74) is 0.846. The first-order valence-electron chi connectivity index (χ1n) is 6.27. The number of aromatic nitrogens is 1. The molecule has 0 bridgehead atoms. The number of esters is 1. The number of carbonyl (C=O) groups is 2. The third-order valence-electron chi connectivity index (χ3n) is 2.94. The Bertz CT molecular complexity index is 501. The first-order valence-corrected chi connectivity index (χ1v) is 6.27. The summed E-state index contributed by atoms with van der Waals surface area (Å²) in [5.74, 6) is -0.621. The van der Waals surface area contributed by atoms with Crippen molar-refractivity contribution < 1.29 is 19.1 Å². The van der Waals surface area contributed by atoms with Gasteiger partial charge in [0.05, 0.1) is 20.3 Å². The minimum absolute atomic E-state index is 0.161. The van der Waals surface area contributed by atoms with Gasteiger partial charge < -0.3 is 14.4 Å². The lowest BCUT2D eigenvalue weighted by Gasteiger charge is -2.30. The number of nitrogens with zero attached hydrogens (tertiary/aromatic N) is 2. The number of methoxy groups -OCH3 is 1. The Morgan fingerprint density at radius 3 is 3.10 bits per heavy atom. The van der Waals surface area contributed by atoms with E-state index in [0.29, 0.717) is 13.2 Å². The molecule has 0 saturated carbocycles. The molecule has 1 amide bonds. The topological polar surface area (TPSA) is 68.7 Å². The van der Waals surface area contributed by atoms with Crippen LogP contribution in [0.25, 0.3) is 6.08 Å². The Balaban J connectivity index is 1.95. The van der Waals surface area contributed by atoms with Gasteiger partial charge in [0.2, 0.25) is 5.91 Å².